The maximum absolute atomic E-state index is 13.0. The van der Waals surface area contributed by atoms with Crippen molar-refractivity contribution in [2.75, 3.05) is 5.32 Å². The van der Waals surface area contributed by atoms with Crippen LogP contribution in [0.1, 0.15) is 31.2 Å². The highest BCUT2D eigenvalue weighted by atomic mass is 35.5. The van der Waals surface area contributed by atoms with Crippen molar-refractivity contribution in [1.82, 2.24) is 4.98 Å². The van der Waals surface area contributed by atoms with Crippen LogP contribution in [0.15, 0.2) is 66.7 Å². The van der Waals surface area contributed by atoms with Crippen molar-refractivity contribution in [3.05, 3.63) is 83.0 Å². The third kappa shape index (κ3) is 6.90. The summed E-state index contributed by atoms with van der Waals surface area (Å²) in [5.74, 6) is 2.21. The molecule has 0 spiro atoms. The van der Waals surface area contributed by atoms with Crippen LogP contribution < -0.4 is 10.1 Å². The van der Waals surface area contributed by atoms with Gasteiger partial charge in [0.25, 0.3) is 0 Å². The molecule has 2 atom stereocenters. The van der Waals surface area contributed by atoms with Gasteiger partial charge in [0.05, 0.1) is 22.0 Å². The van der Waals surface area contributed by atoms with Gasteiger partial charge in [-0.3, -0.25) is 0 Å². The number of anilines is 1. The Morgan fingerprint density at radius 1 is 1.09 bits per heavy atom. The lowest BCUT2D eigenvalue weighted by atomic mass is 10.0. The minimum absolute atomic E-state index is 0.156. The zero-order valence-corrected chi connectivity index (χ0v) is 19.6. The van der Waals surface area contributed by atoms with E-state index in [0.29, 0.717) is 5.75 Å². The maximum Gasteiger partial charge on any atom is 0.416 e. The zero-order valence-electron chi connectivity index (χ0n) is 18.8. The smallest absolute Gasteiger partial charge is 0.416 e. The van der Waals surface area contributed by atoms with E-state index < -0.39 is 29.9 Å². The lowest BCUT2D eigenvalue weighted by Gasteiger charge is -2.24. The van der Waals surface area contributed by atoms with Gasteiger partial charge in [-0.2, -0.15) is 13.2 Å². The third-order valence-electron chi connectivity index (χ3n) is 4.89. The summed E-state index contributed by atoms with van der Waals surface area (Å²) in [6, 6.07) is 15.8. The molecule has 35 heavy (non-hydrogen) atoms. The Bertz CT molecular complexity index is 1210. The van der Waals surface area contributed by atoms with Crippen LogP contribution in [0.25, 0.3) is 0 Å². The average molecular weight is 503 g/mol. The van der Waals surface area contributed by atoms with E-state index in [0.717, 1.165) is 12.1 Å². The molecule has 2 unspecified atom stereocenters. The van der Waals surface area contributed by atoms with Gasteiger partial charge in [-0.15, -0.1) is 6.42 Å². The Kier molecular flexibility index (Phi) is 8.26. The highest BCUT2D eigenvalue weighted by molar-refractivity contribution is 6.33. The first kappa shape index (κ1) is 25.9. The monoisotopic (exact) mass is 502 g/mol. The summed E-state index contributed by atoms with van der Waals surface area (Å²) in [7, 11) is 0. The number of esters is 1. The molecule has 0 aliphatic heterocycles. The van der Waals surface area contributed by atoms with Crippen molar-refractivity contribution in [2.45, 2.75) is 32.2 Å². The molecule has 0 fully saturated rings. The highest BCUT2D eigenvalue weighted by Gasteiger charge is 2.32. The first-order valence-electron chi connectivity index (χ1n) is 10.6. The van der Waals surface area contributed by atoms with Gasteiger partial charge in [-0.25, -0.2) is 9.78 Å². The number of nitrogens with zero attached hydrogens (tertiary/aromatic N) is 1. The number of para-hydroxylation sites is 1. The summed E-state index contributed by atoms with van der Waals surface area (Å²) >= 11 is 6.03. The molecule has 0 saturated heterocycles. The van der Waals surface area contributed by atoms with Crippen LogP contribution in [0.4, 0.5) is 18.9 Å². The van der Waals surface area contributed by atoms with Gasteiger partial charge in [0.2, 0.25) is 12.0 Å². The van der Waals surface area contributed by atoms with Crippen molar-refractivity contribution in [2.24, 2.45) is 5.92 Å². The number of halogens is 4. The summed E-state index contributed by atoms with van der Waals surface area (Å²) in [5, 5.41) is 2.68. The Balaban J connectivity index is 1.75. The SMILES string of the molecule is C#CC(OC(=O)C(Nc1ccc(C(F)(F)F)cc1Cl)C(C)C)c1cccc(Oc2ccccc2)n1. The van der Waals surface area contributed by atoms with Crippen LogP contribution in [0.5, 0.6) is 11.6 Å². The van der Waals surface area contributed by atoms with E-state index in [1.807, 2.05) is 18.2 Å². The summed E-state index contributed by atoms with van der Waals surface area (Å²) in [6.45, 7) is 3.49. The van der Waals surface area contributed by atoms with Gasteiger partial charge in [0.15, 0.2) is 0 Å². The van der Waals surface area contributed by atoms with Gasteiger partial charge in [0.1, 0.15) is 11.8 Å². The number of carbonyl (C=O) groups is 1. The summed E-state index contributed by atoms with van der Waals surface area (Å²) < 4.78 is 50.0. The van der Waals surface area contributed by atoms with Crippen molar-refractivity contribution >= 4 is 23.3 Å². The van der Waals surface area contributed by atoms with E-state index in [2.05, 4.69) is 16.2 Å². The number of rotatable bonds is 8. The fraction of sp³-hybridized carbons (Fsp3) is 0.231. The standard InChI is InChI=1S/C26H22ClF3N2O3/c1-4-22(21-11-8-12-23(31-21)34-18-9-6-5-7-10-18)35-25(33)24(16(2)3)32-20-14-13-17(15-19(20)27)26(28,29)30/h1,5-16,22,24,32H,2-3H3. The number of alkyl halides is 3. The summed E-state index contributed by atoms with van der Waals surface area (Å²) in [5.41, 5.74) is -0.457. The van der Waals surface area contributed by atoms with Crippen molar-refractivity contribution in [1.29, 1.82) is 0 Å². The predicted octanol–water partition coefficient (Wildman–Crippen LogP) is 6.90. The minimum Gasteiger partial charge on any atom is -0.441 e. The van der Waals surface area contributed by atoms with E-state index in [4.69, 9.17) is 27.5 Å². The fourth-order valence-electron chi connectivity index (χ4n) is 3.09. The van der Waals surface area contributed by atoms with E-state index in [9.17, 15) is 18.0 Å². The molecule has 1 aromatic heterocycles. The second kappa shape index (κ2) is 11.2. The number of carbonyl (C=O) groups excluding carboxylic acids is 1. The Labute approximate surface area is 206 Å². The Morgan fingerprint density at radius 3 is 2.40 bits per heavy atom. The molecule has 182 valence electrons. The van der Waals surface area contributed by atoms with Crippen LogP contribution in [0.2, 0.25) is 5.02 Å². The number of aromatic nitrogens is 1. The van der Waals surface area contributed by atoms with Crippen LogP contribution in [0, 0.1) is 18.3 Å². The Morgan fingerprint density at radius 2 is 1.80 bits per heavy atom. The van der Waals surface area contributed by atoms with Crippen molar-refractivity contribution in [3.8, 4) is 24.0 Å². The van der Waals surface area contributed by atoms with Gasteiger partial charge < -0.3 is 14.8 Å². The molecule has 0 aliphatic rings. The molecule has 2 aromatic carbocycles. The lowest BCUT2D eigenvalue weighted by molar-refractivity contribution is -0.149. The van der Waals surface area contributed by atoms with Crippen molar-refractivity contribution in [3.63, 3.8) is 0 Å². The molecule has 0 radical (unpaired) electrons. The molecule has 3 rings (SSSR count). The lowest BCUT2D eigenvalue weighted by Crippen LogP contribution is -2.37. The number of pyridine rings is 1. The van der Waals surface area contributed by atoms with Crippen molar-refractivity contribution < 1.29 is 27.4 Å². The van der Waals surface area contributed by atoms with E-state index in [1.165, 1.54) is 6.07 Å². The molecule has 0 aliphatic carbocycles. The number of nitrogens with one attached hydrogen (secondary N) is 1. The second-order valence-corrected chi connectivity index (χ2v) is 8.27. The topological polar surface area (TPSA) is 60.5 Å². The molecule has 1 N–H and O–H groups in total. The molecular weight excluding hydrogens is 481 g/mol. The van der Waals surface area contributed by atoms with Crippen LogP contribution in [0.3, 0.4) is 0 Å². The van der Waals surface area contributed by atoms with E-state index in [-0.39, 0.29) is 28.2 Å². The minimum atomic E-state index is -4.54. The van der Waals surface area contributed by atoms with E-state index in [1.54, 1.807) is 44.2 Å². The molecule has 0 amide bonds. The predicted molar refractivity (Wildman–Crippen MR) is 127 cm³/mol. The first-order valence-corrected chi connectivity index (χ1v) is 11.0. The number of ether oxygens (including phenoxy) is 2. The molecule has 1 heterocycles. The molecular formula is C26H22ClF3N2O3. The fourth-order valence-corrected chi connectivity index (χ4v) is 3.32. The van der Waals surface area contributed by atoms with Gasteiger partial charge in [0, 0.05) is 6.07 Å². The summed E-state index contributed by atoms with van der Waals surface area (Å²) in [4.78, 5) is 17.3. The third-order valence-corrected chi connectivity index (χ3v) is 5.21. The average Bonchev–Trinajstić information content (AvgIpc) is 2.81. The summed E-state index contributed by atoms with van der Waals surface area (Å²) in [6.07, 6.45) is -0.0450. The van der Waals surface area contributed by atoms with Gasteiger partial charge in [-0.1, -0.05) is 55.6 Å². The Hall–Kier alpha value is -3.70. The number of hydrogen-bond acceptors (Lipinski definition) is 5. The molecule has 0 bridgehead atoms. The van der Waals surface area contributed by atoms with Gasteiger partial charge in [-0.05, 0) is 42.3 Å². The number of terminal acetylenes is 1. The van der Waals surface area contributed by atoms with Gasteiger partial charge >= 0.3 is 12.1 Å². The first-order chi connectivity index (χ1) is 16.6. The molecule has 9 heteroatoms. The number of hydrogen-bond donors (Lipinski definition) is 1. The highest BCUT2D eigenvalue weighted by Crippen LogP contribution is 2.34. The molecule has 3 aromatic rings. The van der Waals surface area contributed by atoms with Crippen LogP contribution in [-0.2, 0) is 15.7 Å². The maximum atomic E-state index is 13.0. The largest absolute Gasteiger partial charge is 0.441 e. The number of benzene rings is 2. The second-order valence-electron chi connectivity index (χ2n) is 7.86. The van der Waals surface area contributed by atoms with Crippen LogP contribution >= 0.6 is 11.6 Å². The molecule has 0 saturated carbocycles. The zero-order chi connectivity index (χ0) is 25.6. The van der Waals surface area contributed by atoms with E-state index >= 15 is 0 Å². The van der Waals surface area contributed by atoms with Crippen LogP contribution in [-0.4, -0.2) is 17.0 Å². The normalized spacial score (nSPS) is 13.0. The quantitative estimate of drug-likeness (QED) is 0.268. The molecule has 5 nitrogen and oxygen atoms in total.